The van der Waals surface area contributed by atoms with Crippen molar-refractivity contribution in [2.24, 2.45) is 0 Å². The summed E-state index contributed by atoms with van der Waals surface area (Å²) in [6.45, 7) is 4.62. The summed E-state index contributed by atoms with van der Waals surface area (Å²) >= 11 is 8.25. The molecule has 0 bridgehead atoms. The fraction of sp³-hybridized carbons (Fsp3) is 0.689. The van der Waals surface area contributed by atoms with Gasteiger partial charge < -0.3 is 0 Å². The molecular weight excluding hydrogens is 779 g/mol. The maximum Gasteiger partial charge on any atom is 0.0451 e. The number of thioether (sulfide) groups is 1. The van der Waals surface area contributed by atoms with Crippen LogP contribution < -0.4 is 0 Å². The molecule has 0 aliphatic rings. The molecule has 0 nitrogen and oxygen atoms in total. The molecule has 3 rings (SSSR count). The Morgan fingerprint density at radius 1 is 0.458 bits per heavy atom. The molecule has 0 unspecified atom stereocenters. The molecule has 3 aromatic carbocycles. The van der Waals surface area contributed by atoms with Crippen LogP contribution in [0.5, 0.6) is 0 Å². The van der Waals surface area contributed by atoms with Gasteiger partial charge in [0.15, 0.2) is 0 Å². The zero-order valence-corrected chi connectivity index (χ0v) is 35.9. The van der Waals surface area contributed by atoms with Crippen molar-refractivity contribution in [2.75, 3.05) is 6.26 Å². The molecular formula is C45H70BrIS. The minimum absolute atomic E-state index is 1.24. The summed E-state index contributed by atoms with van der Waals surface area (Å²) in [6, 6.07) is 12.4. The number of hydrogen-bond acceptors (Lipinski definition) is 1. The molecule has 48 heavy (non-hydrogen) atoms. The van der Waals surface area contributed by atoms with E-state index < -0.39 is 0 Å². The Hall–Kier alpha value is -0.260. The smallest absolute Gasteiger partial charge is 0.0451 e. The van der Waals surface area contributed by atoms with Gasteiger partial charge in [0.25, 0.3) is 0 Å². The molecule has 0 heterocycles. The predicted molar refractivity (Wildman–Crippen MR) is 232 cm³/mol. The zero-order valence-electron chi connectivity index (χ0n) is 31.3. The summed E-state index contributed by atoms with van der Waals surface area (Å²) in [5.41, 5.74) is 3.25. The highest BCUT2D eigenvalue weighted by Crippen LogP contribution is 2.38. The number of unbranched alkanes of at least 4 members (excludes halogenated alkanes) is 24. The third kappa shape index (κ3) is 16.0. The standard InChI is InChI=1S/C45H70BrIS/c1-4-6-8-10-12-14-16-18-20-22-24-26-28-30-37-32-39-34-41-36-43(48-3)44(46)45(47)42(41)35-40(39)33-38(37)31-29-27-25-23-21-19-17-15-13-11-9-7-5-2/h32-36H,4-31H2,1-3H3. The van der Waals surface area contributed by atoms with Gasteiger partial charge >= 0.3 is 0 Å². The molecule has 0 radical (unpaired) electrons. The Morgan fingerprint density at radius 3 is 1.19 bits per heavy atom. The maximum atomic E-state index is 3.88. The third-order valence-corrected chi connectivity index (χ3v) is 14.3. The summed E-state index contributed by atoms with van der Waals surface area (Å²) in [4.78, 5) is 1.33. The van der Waals surface area contributed by atoms with Gasteiger partial charge in [0.2, 0.25) is 0 Å². The Kier molecular flexibility index (Phi) is 23.3. The summed E-state index contributed by atoms with van der Waals surface area (Å²) in [5, 5.41) is 5.59. The maximum absolute atomic E-state index is 3.88. The first-order valence-electron chi connectivity index (χ1n) is 20.5. The normalized spacial score (nSPS) is 11.8. The van der Waals surface area contributed by atoms with Crippen LogP contribution in [-0.2, 0) is 12.8 Å². The van der Waals surface area contributed by atoms with Crippen molar-refractivity contribution in [3.05, 3.63) is 49.5 Å². The second-order valence-corrected chi connectivity index (χ2v) is 17.5. The highest BCUT2D eigenvalue weighted by Gasteiger charge is 2.12. The molecule has 0 saturated heterocycles. The monoisotopic (exact) mass is 848 g/mol. The van der Waals surface area contributed by atoms with Crippen LogP contribution in [0.15, 0.2) is 39.7 Å². The second kappa shape index (κ2) is 26.5. The van der Waals surface area contributed by atoms with E-state index in [4.69, 9.17) is 0 Å². The molecule has 0 fully saturated rings. The fourth-order valence-electron chi connectivity index (χ4n) is 7.48. The predicted octanol–water partition coefficient (Wildman–Crippen LogP) is 17.3. The van der Waals surface area contributed by atoms with E-state index in [1.165, 1.54) is 214 Å². The van der Waals surface area contributed by atoms with Gasteiger partial charge in [0, 0.05) is 12.9 Å². The zero-order chi connectivity index (χ0) is 34.2. The van der Waals surface area contributed by atoms with E-state index in [1.54, 1.807) is 11.1 Å². The lowest BCUT2D eigenvalue weighted by atomic mass is 9.92. The van der Waals surface area contributed by atoms with Crippen molar-refractivity contribution in [3.63, 3.8) is 0 Å². The highest BCUT2D eigenvalue weighted by molar-refractivity contribution is 14.1. The largest absolute Gasteiger partial charge is 0.128 e. The van der Waals surface area contributed by atoms with Gasteiger partial charge in [-0.1, -0.05) is 180 Å². The Balaban J connectivity index is 1.49. The molecule has 0 N–H and O–H groups in total. The van der Waals surface area contributed by atoms with Crippen molar-refractivity contribution in [1.82, 2.24) is 0 Å². The van der Waals surface area contributed by atoms with Gasteiger partial charge in [-0.3, -0.25) is 0 Å². The lowest BCUT2D eigenvalue weighted by Gasteiger charge is -2.15. The Labute approximate surface area is 323 Å². The van der Waals surface area contributed by atoms with Gasteiger partial charge in [-0.2, -0.15) is 0 Å². The van der Waals surface area contributed by atoms with Crippen LogP contribution in [-0.4, -0.2) is 6.26 Å². The molecule has 3 aromatic rings. The molecule has 0 aliphatic carbocycles. The van der Waals surface area contributed by atoms with E-state index in [0.29, 0.717) is 0 Å². The summed E-state index contributed by atoms with van der Waals surface area (Å²) in [6.07, 6.45) is 41.6. The second-order valence-electron chi connectivity index (χ2n) is 14.7. The van der Waals surface area contributed by atoms with Gasteiger partial charge in [-0.15, -0.1) is 11.8 Å². The number of aryl methyl sites for hydroxylation is 2. The Morgan fingerprint density at radius 2 is 0.812 bits per heavy atom. The van der Waals surface area contributed by atoms with E-state index >= 15 is 0 Å². The van der Waals surface area contributed by atoms with Crippen molar-refractivity contribution in [2.45, 2.75) is 199 Å². The third-order valence-electron chi connectivity index (χ3n) is 10.6. The SMILES string of the molecule is CCCCCCCCCCCCCCCc1cc2cc3cc(SC)c(Br)c(I)c3cc2cc1CCCCCCCCCCCCCCC. The van der Waals surface area contributed by atoms with Crippen LogP contribution in [0, 0.1) is 3.57 Å². The van der Waals surface area contributed by atoms with E-state index in [-0.39, 0.29) is 0 Å². The first-order chi connectivity index (χ1) is 23.6. The highest BCUT2D eigenvalue weighted by atomic mass is 127. The summed E-state index contributed by atoms with van der Waals surface area (Å²) in [7, 11) is 0. The first-order valence-corrected chi connectivity index (χ1v) is 23.6. The van der Waals surface area contributed by atoms with Gasteiger partial charge in [-0.05, 0) is 121 Å². The van der Waals surface area contributed by atoms with Crippen molar-refractivity contribution in [1.29, 1.82) is 0 Å². The molecule has 0 aliphatic heterocycles. The molecule has 0 aromatic heterocycles. The fourth-order valence-corrected chi connectivity index (χ4v) is 9.76. The van der Waals surface area contributed by atoms with Gasteiger partial charge in [0.05, 0.1) is 0 Å². The van der Waals surface area contributed by atoms with Crippen LogP contribution in [0.4, 0.5) is 0 Å². The first kappa shape index (κ1) is 42.2. The minimum atomic E-state index is 1.24. The molecule has 0 spiro atoms. The van der Waals surface area contributed by atoms with Gasteiger partial charge in [-0.25, -0.2) is 0 Å². The van der Waals surface area contributed by atoms with Crippen LogP contribution in [0.1, 0.15) is 192 Å². The van der Waals surface area contributed by atoms with Crippen LogP contribution in [0.25, 0.3) is 21.5 Å². The number of hydrogen-bond donors (Lipinski definition) is 0. The summed E-state index contributed by atoms with van der Waals surface area (Å²) in [5.74, 6) is 0. The van der Waals surface area contributed by atoms with Crippen LogP contribution in [0.2, 0.25) is 0 Å². The average molecular weight is 850 g/mol. The lowest BCUT2D eigenvalue weighted by molar-refractivity contribution is 0.537. The van der Waals surface area contributed by atoms with Gasteiger partial charge in [0.1, 0.15) is 0 Å². The molecule has 0 saturated carbocycles. The quantitative estimate of drug-likeness (QED) is 0.0290. The van der Waals surface area contributed by atoms with Crippen LogP contribution >= 0.6 is 50.3 Å². The molecule has 3 heteroatoms. The average Bonchev–Trinajstić information content (AvgIpc) is 3.09. The van der Waals surface area contributed by atoms with E-state index in [1.807, 2.05) is 11.8 Å². The number of benzene rings is 3. The number of halogens is 2. The van der Waals surface area contributed by atoms with Crippen molar-refractivity contribution in [3.8, 4) is 0 Å². The van der Waals surface area contributed by atoms with Crippen LogP contribution in [0.3, 0.4) is 0 Å². The number of rotatable bonds is 29. The molecule has 0 atom stereocenters. The lowest BCUT2D eigenvalue weighted by Crippen LogP contribution is -1.97. The molecule has 270 valence electrons. The summed E-state index contributed by atoms with van der Waals surface area (Å²) < 4.78 is 2.58. The van der Waals surface area contributed by atoms with Crippen molar-refractivity contribution >= 4 is 71.8 Å². The van der Waals surface area contributed by atoms with Crippen molar-refractivity contribution < 1.29 is 0 Å². The number of fused-ring (bicyclic) bond motifs is 2. The minimum Gasteiger partial charge on any atom is -0.128 e. The van der Waals surface area contributed by atoms with E-state index in [0.717, 1.165) is 0 Å². The topological polar surface area (TPSA) is 0 Å². The Bertz CT molecular complexity index is 1280. The van der Waals surface area contributed by atoms with E-state index in [2.05, 4.69) is 89.0 Å². The molecule has 0 amide bonds. The van der Waals surface area contributed by atoms with E-state index in [9.17, 15) is 0 Å².